The van der Waals surface area contributed by atoms with Crippen LogP contribution in [0.1, 0.15) is 61.0 Å². The molecule has 2 N–H and O–H groups in total. The minimum atomic E-state index is 0.581. The van der Waals surface area contributed by atoms with Crippen LogP contribution in [-0.4, -0.2) is 12.1 Å². The minimum absolute atomic E-state index is 0.581. The van der Waals surface area contributed by atoms with Crippen molar-refractivity contribution in [3.63, 3.8) is 0 Å². The summed E-state index contributed by atoms with van der Waals surface area (Å²) >= 11 is 1.80. The third-order valence-electron chi connectivity index (χ3n) is 4.33. The molecule has 0 aromatic carbocycles. The zero-order valence-corrected chi connectivity index (χ0v) is 13.1. The SMILES string of the molecule is COCc1nc(C2CCC(C(C)C)CC2)sc1CN. The van der Waals surface area contributed by atoms with Crippen LogP contribution in [0.15, 0.2) is 0 Å². The molecule has 108 valence electrons. The van der Waals surface area contributed by atoms with Crippen molar-refractivity contribution < 1.29 is 4.74 Å². The maximum atomic E-state index is 5.80. The molecule has 0 bridgehead atoms. The molecule has 1 saturated carbocycles. The van der Waals surface area contributed by atoms with Gasteiger partial charge in [0, 0.05) is 24.4 Å². The van der Waals surface area contributed by atoms with Gasteiger partial charge >= 0.3 is 0 Å². The first-order chi connectivity index (χ1) is 9.15. The molecule has 1 heterocycles. The summed E-state index contributed by atoms with van der Waals surface area (Å²) in [7, 11) is 1.72. The highest BCUT2D eigenvalue weighted by Crippen LogP contribution is 2.40. The van der Waals surface area contributed by atoms with Gasteiger partial charge in [-0.1, -0.05) is 13.8 Å². The fraction of sp³-hybridized carbons (Fsp3) is 0.800. The number of rotatable bonds is 5. The topological polar surface area (TPSA) is 48.1 Å². The number of thiazole rings is 1. The van der Waals surface area contributed by atoms with Gasteiger partial charge in [0.05, 0.1) is 17.3 Å². The van der Waals surface area contributed by atoms with E-state index >= 15 is 0 Å². The van der Waals surface area contributed by atoms with E-state index in [0.717, 1.165) is 17.5 Å². The Hall–Kier alpha value is -0.450. The van der Waals surface area contributed by atoms with Gasteiger partial charge in [-0.2, -0.15) is 0 Å². The fourth-order valence-corrected chi connectivity index (χ4v) is 4.14. The highest BCUT2D eigenvalue weighted by atomic mass is 32.1. The zero-order valence-electron chi connectivity index (χ0n) is 12.3. The quantitative estimate of drug-likeness (QED) is 0.896. The van der Waals surface area contributed by atoms with Crippen molar-refractivity contribution in [2.45, 2.75) is 58.6 Å². The molecule has 2 rings (SSSR count). The van der Waals surface area contributed by atoms with Crippen LogP contribution >= 0.6 is 11.3 Å². The number of aromatic nitrogens is 1. The number of hydrogen-bond donors (Lipinski definition) is 1. The number of methoxy groups -OCH3 is 1. The van der Waals surface area contributed by atoms with Crippen molar-refractivity contribution in [3.8, 4) is 0 Å². The predicted octanol–water partition coefficient (Wildman–Crippen LogP) is 3.68. The second-order valence-electron chi connectivity index (χ2n) is 5.91. The Labute approximate surface area is 120 Å². The maximum Gasteiger partial charge on any atom is 0.0963 e. The van der Waals surface area contributed by atoms with E-state index in [2.05, 4.69) is 13.8 Å². The van der Waals surface area contributed by atoms with Gasteiger partial charge < -0.3 is 10.5 Å². The molecule has 0 spiro atoms. The summed E-state index contributed by atoms with van der Waals surface area (Å²) in [6.45, 7) is 5.86. The van der Waals surface area contributed by atoms with Gasteiger partial charge in [-0.25, -0.2) is 4.98 Å². The molecule has 1 fully saturated rings. The predicted molar refractivity (Wildman–Crippen MR) is 80.3 cm³/mol. The average molecular weight is 282 g/mol. The van der Waals surface area contributed by atoms with E-state index in [9.17, 15) is 0 Å². The number of nitrogens with two attached hydrogens (primary N) is 1. The molecule has 0 aliphatic heterocycles. The third kappa shape index (κ3) is 3.56. The van der Waals surface area contributed by atoms with Gasteiger partial charge in [-0.05, 0) is 37.5 Å². The molecule has 0 amide bonds. The fourth-order valence-electron chi connectivity index (χ4n) is 3.02. The van der Waals surface area contributed by atoms with Crippen LogP contribution in [0.3, 0.4) is 0 Å². The summed E-state index contributed by atoms with van der Waals surface area (Å²) in [4.78, 5) is 5.97. The Bertz CT molecular complexity index is 395. The first-order valence-corrected chi connectivity index (χ1v) is 8.14. The lowest BCUT2D eigenvalue weighted by molar-refractivity contribution is 0.181. The first kappa shape index (κ1) is 14.9. The van der Waals surface area contributed by atoms with Gasteiger partial charge in [0.1, 0.15) is 0 Å². The van der Waals surface area contributed by atoms with Gasteiger partial charge in [0.25, 0.3) is 0 Å². The van der Waals surface area contributed by atoms with Crippen LogP contribution in [0.25, 0.3) is 0 Å². The second-order valence-corrected chi connectivity index (χ2v) is 7.03. The van der Waals surface area contributed by atoms with Crippen LogP contribution in [0.4, 0.5) is 0 Å². The normalized spacial score (nSPS) is 24.1. The highest BCUT2D eigenvalue weighted by molar-refractivity contribution is 7.11. The van der Waals surface area contributed by atoms with E-state index in [1.807, 2.05) is 0 Å². The van der Waals surface area contributed by atoms with Crippen LogP contribution in [0, 0.1) is 11.8 Å². The van der Waals surface area contributed by atoms with E-state index in [0.29, 0.717) is 19.1 Å². The van der Waals surface area contributed by atoms with E-state index < -0.39 is 0 Å². The summed E-state index contributed by atoms with van der Waals surface area (Å²) in [5.41, 5.74) is 6.85. The molecule has 19 heavy (non-hydrogen) atoms. The molecule has 0 atom stereocenters. The highest BCUT2D eigenvalue weighted by Gasteiger charge is 2.26. The Balaban J connectivity index is 2.03. The van der Waals surface area contributed by atoms with Crippen molar-refractivity contribution >= 4 is 11.3 Å². The maximum absolute atomic E-state index is 5.80. The van der Waals surface area contributed by atoms with Gasteiger partial charge in [0.15, 0.2) is 0 Å². The summed E-state index contributed by atoms with van der Waals surface area (Å²) in [6, 6.07) is 0. The number of hydrogen-bond acceptors (Lipinski definition) is 4. The summed E-state index contributed by atoms with van der Waals surface area (Å²) in [5.74, 6) is 2.38. The molecule has 1 aliphatic carbocycles. The molecule has 1 aliphatic rings. The van der Waals surface area contributed by atoms with Gasteiger partial charge in [0.2, 0.25) is 0 Å². The molecule has 0 radical (unpaired) electrons. The third-order valence-corrected chi connectivity index (χ3v) is 5.61. The summed E-state index contributed by atoms with van der Waals surface area (Å²) in [5, 5.41) is 1.29. The number of nitrogens with zero attached hydrogens (tertiary/aromatic N) is 1. The van der Waals surface area contributed by atoms with E-state index in [-0.39, 0.29) is 0 Å². The molecule has 0 unspecified atom stereocenters. The average Bonchev–Trinajstić information content (AvgIpc) is 2.82. The van der Waals surface area contributed by atoms with Crippen molar-refractivity contribution in [1.29, 1.82) is 0 Å². The molecular formula is C15H26N2OS. The van der Waals surface area contributed by atoms with Crippen LogP contribution in [-0.2, 0) is 17.9 Å². The van der Waals surface area contributed by atoms with Crippen LogP contribution in [0.2, 0.25) is 0 Å². The van der Waals surface area contributed by atoms with E-state index in [1.54, 1.807) is 18.4 Å². The largest absolute Gasteiger partial charge is 0.378 e. The van der Waals surface area contributed by atoms with Crippen molar-refractivity contribution in [2.24, 2.45) is 17.6 Å². The summed E-state index contributed by atoms with van der Waals surface area (Å²) < 4.78 is 5.21. The Morgan fingerprint density at radius 3 is 2.53 bits per heavy atom. The van der Waals surface area contributed by atoms with E-state index in [4.69, 9.17) is 15.5 Å². The monoisotopic (exact) mass is 282 g/mol. The van der Waals surface area contributed by atoms with Crippen molar-refractivity contribution in [3.05, 3.63) is 15.6 Å². The Kier molecular flexibility index (Phi) is 5.37. The first-order valence-electron chi connectivity index (χ1n) is 7.33. The Morgan fingerprint density at radius 1 is 1.32 bits per heavy atom. The van der Waals surface area contributed by atoms with Gasteiger partial charge in [-0.15, -0.1) is 11.3 Å². The smallest absolute Gasteiger partial charge is 0.0963 e. The van der Waals surface area contributed by atoms with E-state index in [1.165, 1.54) is 35.6 Å². The molecule has 0 saturated heterocycles. The van der Waals surface area contributed by atoms with Crippen LogP contribution < -0.4 is 5.73 Å². The zero-order chi connectivity index (χ0) is 13.8. The van der Waals surface area contributed by atoms with Gasteiger partial charge in [-0.3, -0.25) is 0 Å². The lowest BCUT2D eigenvalue weighted by atomic mass is 9.77. The molecule has 1 aromatic heterocycles. The summed E-state index contributed by atoms with van der Waals surface area (Å²) in [6.07, 6.45) is 5.26. The standard InChI is InChI=1S/C15H26N2OS/c1-10(2)11-4-6-12(7-5-11)15-17-13(9-18-3)14(8-16)19-15/h10-12H,4-9,16H2,1-3H3. The van der Waals surface area contributed by atoms with Crippen molar-refractivity contribution in [2.75, 3.05) is 7.11 Å². The lowest BCUT2D eigenvalue weighted by Gasteiger charge is -2.29. The minimum Gasteiger partial charge on any atom is -0.378 e. The molecule has 1 aromatic rings. The lowest BCUT2D eigenvalue weighted by Crippen LogP contribution is -2.17. The van der Waals surface area contributed by atoms with Crippen LogP contribution in [0.5, 0.6) is 0 Å². The second kappa shape index (κ2) is 6.82. The molecule has 4 heteroatoms. The molecule has 3 nitrogen and oxygen atoms in total. The number of ether oxygens (including phenoxy) is 1. The Morgan fingerprint density at radius 2 is 2.00 bits per heavy atom. The molecular weight excluding hydrogens is 256 g/mol. The van der Waals surface area contributed by atoms with Crippen molar-refractivity contribution in [1.82, 2.24) is 4.98 Å².